The van der Waals surface area contributed by atoms with Gasteiger partial charge in [0.2, 0.25) is 11.1 Å². The minimum absolute atomic E-state index is 0.174. The topological polar surface area (TPSA) is 72.7 Å². The summed E-state index contributed by atoms with van der Waals surface area (Å²) in [7, 11) is 0. The van der Waals surface area contributed by atoms with Crippen molar-refractivity contribution in [2.24, 2.45) is 0 Å². The standard InChI is InChI=1S/C16H14ClN5OS2/c1-24-14-9-5-4-8-13(14)22-16(19-20-21-22)25-10-15(23)18-12-7-3-2-6-11(12)17/h2-9H,10H2,1H3,(H,18,23). The number of hydrogen-bond acceptors (Lipinski definition) is 6. The van der Waals surface area contributed by atoms with Crippen molar-refractivity contribution in [2.45, 2.75) is 10.1 Å². The molecule has 3 rings (SSSR count). The molecule has 3 aromatic rings. The number of para-hydroxylation sites is 2. The third-order valence-corrected chi connectivity index (χ3v) is 5.27. The second-order valence-corrected chi connectivity index (χ2v) is 7.06. The summed E-state index contributed by atoms with van der Waals surface area (Å²) in [6.45, 7) is 0. The number of carbonyl (C=O) groups is 1. The molecule has 1 aromatic heterocycles. The molecule has 0 unspecified atom stereocenters. The van der Waals surface area contributed by atoms with Crippen molar-refractivity contribution in [1.82, 2.24) is 20.2 Å². The lowest BCUT2D eigenvalue weighted by Gasteiger charge is -2.09. The van der Waals surface area contributed by atoms with Crippen molar-refractivity contribution in [3.05, 3.63) is 53.6 Å². The zero-order chi connectivity index (χ0) is 17.6. The molecule has 0 aliphatic heterocycles. The summed E-state index contributed by atoms with van der Waals surface area (Å²) in [5.74, 6) is -0.00154. The summed E-state index contributed by atoms with van der Waals surface area (Å²) in [5, 5.41) is 15.6. The van der Waals surface area contributed by atoms with E-state index in [1.54, 1.807) is 28.6 Å². The monoisotopic (exact) mass is 391 g/mol. The first-order valence-electron chi connectivity index (χ1n) is 7.28. The van der Waals surface area contributed by atoms with Gasteiger partial charge in [0.05, 0.1) is 22.2 Å². The highest BCUT2D eigenvalue weighted by molar-refractivity contribution is 7.99. The Balaban J connectivity index is 1.70. The van der Waals surface area contributed by atoms with Crippen LogP contribution in [0.5, 0.6) is 0 Å². The van der Waals surface area contributed by atoms with Crippen LogP contribution in [-0.2, 0) is 4.79 Å². The number of halogens is 1. The SMILES string of the molecule is CSc1ccccc1-n1nnnc1SCC(=O)Nc1ccccc1Cl. The van der Waals surface area contributed by atoms with Gasteiger partial charge in [-0.05, 0) is 40.9 Å². The summed E-state index contributed by atoms with van der Waals surface area (Å²) < 4.78 is 1.64. The fourth-order valence-electron chi connectivity index (χ4n) is 2.10. The van der Waals surface area contributed by atoms with E-state index in [1.807, 2.05) is 42.7 Å². The summed E-state index contributed by atoms with van der Waals surface area (Å²) in [5.41, 5.74) is 1.47. The van der Waals surface area contributed by atoms with E-state index < -0.39 is 0 Å². The number of nitrogens with zero attached hydrogens (tertiary/aromatic N) is 4. The molecule has 25 heavy (non-hydrogen) atoms. The van der Waals surface area contributed by atoms with Gasteiger partial charge in [0.25, 0.3) is 0 Å². The van der Waals surface area contributed by atoms with E-state index >= 15 is 0 Å². The number of hydrogen-bond donors (Lipinski definition) is 1. The number of aromatic nitrogens is 4. The van der Waals surface area contributed by atoms with Crippen molar-refractivity contribution in [3.63, 3.8) is 0 Å². The van der Waals surface area contributed by atoms with Crippen LogP contribution in [0.1, 0.15) is 0 Å². The smallest absolute Gasteiger partial charge is 0.234 e. The third-order valence-electron chi connectivity index (χ3n) is 3.23. The van der Waals surface area contributed by atoms with Gasteiger partial charge in [0.15, 0.2) is 0 Å². The molecule has 0 bridgehead atoms. The first kappa shape index (κ1) is 17.8. The number of tetrazole rings is 1. The van der Waals surface area contributed by atoms with E-state index in [0.717, 1.165) is 10.6 Å². The highest BCUT2D eigenvalue weighted by Gasteiger charge is 2.14. The predicted molar refractivity (Wildman–Crippen MR) is 102 cm³/mol. The van der Waals surface area contributed by atoms with Gasteiger partial charge in [-0.3, -0.25) is 4.79 Å². The van der Waals surface area contributed by atoms with E-state index in [-0.39, 0.29) is 11.7 Å². The van der Waals surface area contributed by atoms with Crippen LogP contribution in [0.2, 0.25) is 5.02 Å². The van der Waals surface area contributed by atoms with Crippen LogP contribution < -0.4 is 5.32 Å². The molecule has 0 aliphatic carbocycles. The van der Waals surface area contributed by atoms with Gasteiger partial charge in [-0.1, -0.05) is 47.6 Å². The number of carbonyl (C=O) groups excluding carboxylic acids is 1. The van der Waals surface area contributed by atoms with Gasteiger partial charge >= 0.3 is 0 Å². The minimum atomic E-state index is -0.175. The molecule has 1 amide bonds. The lowest BCUT2D eigenvalue weighted by atomic mass is 10.3. The Bertz CT molecular complexity index is 886. The number of anilines is 1. The fourth-order valence-corrected chi connectivity index (χ4v) is 3.55. The van der Waals surface area contributed by atoms with Gasteiger partial charge < -0.3 is 5.32 Å². The number of amides is 1. The molecular formula is C16H14ClN5OS2. The van der Waals surface area contributed by atoms with Crippen molar-refractivity contribution in [1.29, 1.82) is 0 Å². The second kappa shape index (κ2) is 8.37. The molecule has 1 N–H and O–H groups in total. The highest BCUT2D eigenvalue weighted by Crippen LogP contribution is 2.26. The van der Waals surface area contributed by atoms with Crippen LogP contribution in [0.25, 0.3) is 5.69 Å². The van der Waals surface area contributed by atoms with Crippen LogP contribution in [0.4, 0.5) is 5.69 Å². The predicted octanol–water partition coefficient (Wildman–Crippen LogP) is 3.77. The molecule has 0 atom stereocenters. The molecule has 0 spiro atoms. The first-order valence-corrected chi connectivity index (χ1v) is 9.87. The molecule has 0 radical (unpaired) electrons. The lowest BCUT2D eigenvalue weighted by Crippen LogP contribution is -2.15. The Hall–Kier alpha value is -2.03. The summed E-state index contributed by atoms with van der Waals surface area (Å²) in [6.07, 6.45) is 1.99. The molecule has 1 heterocycles. The van der Waals surface area contributed by atoms with E-state index in [4.69, 9.17) is 11.6 Å². The average molecular weight is 392 g/mol. The fraction of sp³-hybridized carbons (Fsp3) is 0.125. The van der Waals surface area contributed by atoms with Crippen LogP contribution in [0, 0.1) is 0 Å². The summed E-state index contributed by atoms with van der Waals surface area (Å²) in [4.78, 5) is 13.2. The molecule has 0 aliphatic rings. The maximum absolute atomic E-state index is 12.2. The molecule has 6 nitrogen and oxygen atoms in total. The quantitative estimate of drug-likeness (QED) is 0.645. The van der Waals surface area contributed by atoms with E-state index in [2.05, 4.69) is 20.8 Å². The molecule has 0 saturated heterocycles. The second-order valence-electron chi connectivity index (χ2n) is 4.86. The van der Waals surface area contributed by atoms with Crippen molar-refractivity contribution in [3.8, 4) is 5.69 Å². The largest absolute Gasteiger partial charge is 0.324 e. The summed E-state index contributed by atoms with van der Waals surface area (Å²) >= 11 is 8.92. The Morgan fingerprint density at radius 3 is 2.76 bits per heavy atom. The molecule has 0 fully saturated rings. The van der Waals surface area contributed by atoms with Crippen molar-refractivity contribution < 1.29 is 4.79 Å². The number of benzene rings is 2. The zero-order valence-corrected chi connectivity index (χ0v) is 15.6. The first-order chi connectivity index (χ1) is 12.2. The maximum Gasteiger partial charge on any atom is 0.234 e. The van der Waals surface area contributed by atoms with Crippen molar-refractivity contribution in [2.75, 3.05) is 17.3 Å². The third kappa shape index (κ3) is 4.33. The summed E-state index contributed by atoms with van der Waals surface area (Å²) in [6, 6.07) is 14.9. The maximum atomic E-state index is 12.2. The Kier molecular flexibility index (Phi) is 5.95. The molecule has 9 heteroatoms. The van der Waals surface area contributed by atoms with Gasteiger partial charge in [-0.25, -0.2) is 0 Å². The number of thioether (sulfide) groups is 2. The Labute approximate surface area is 158 Å². The van der Waals surface area contributed by atoms with Crippen LogP contribution in [0.3, 0.4) is 0 Å². The van der Waals surface area contributed by atoms with Crippen LogP contribution in [0.15, 0.2) is 58.6 Å². The molecule has 2 aromatic carbocycles. The van der Waals surface area contributed by atoms with Gasteiger partial charge in [-0.15, -0.1) is 16.9 Å². The van der Waals surface area contributed by atoms with Gasteiger partial charge in [0, 0.05) is 4.90 Å². The van der Waals surface area contributed by atoms with Crippen LogP contribution >= 0.6 is 35.1 Å². The molecular weight excluding hydrogens is 378 g/mol. The van der Waals surface area contributed by atoms with E-state index in [9.17, 15) is 4.79 Å². The number of nitrogens with one attached hydrogen (secondary N) is 1. The normalized spacial score (nSPS) is 10.6. The Morgan fingerprint density at radius 1 is 1.20 bits per heavy atom. The lowest BCUT2D eigenvalue weighted by molar-refractivity contribution is -0.113. The highest BCUT2D eigenvalue weighted by atomic mass is 35.5. The van der Waals surface area contributed by atoms with E-state index in [0.29, 0.717) is 15.9 Å². The zero-order valence-electron chi connectivity index (χ0n) is 13.2. The van der Waals surface area contributed by atoms with Crippen molar-refractivity contribution >= 4 is 46.7 Å². The Morgan fingerprint density at radius 2 is 1.96 bits per heavy atom. The van der Waals surface area contributed by atoms with Gasteiger partial charge in [0.1, 0.15) is 0 Å². The minimum Gasteiger partial charge on any atom is -0.324 e. The molecule has 0 saturated carbocycles. The van der Waals surface area contributed by atoms with Gasteiger partial charge in [-0.2, -0.15) is 4.68 Å². The van der Waals surface area contributed by atoms with Crippen LogP contribution in [-0.4, -0.2) is 38.1 Å². The van der Waals surface area contributed by atoms with E-state index in [1.165, 1.54) is 11.8 Å². The molecule has 128 valence electrons. The average Bonchev–Trinajstić information content (AvgIpc) is 3.10. The number of rotatable bonds is 6.